The number of carbonyl (C=O) groups is 1. The van der Waals surface area contributed by atoms with Crippen molar-refractivity contribution >= 4 is 40.3 Å². The third-order valence-electron chi connectivity index (χ3n) is 3.38. The van der Waals surface area contributed by atoms with Crippen LogP contribution in [0.3, 0.4) is 0 Å². The Morgan fingerprint density at radius 3 is 2.46 bits per heavy atom. The normalized spacial score (nSPS) is 17.0. The van der Waals surface area contributed by atoms with E-state index in [2.05, 4.69) is 0 Å². The monoisotopic (exact) mass is 364 g/mol. The number of allylic oxidation sites excluding steroid dienone is 2. The van der Waals surface area contributed by atoms with E-state index in [9.17, 15) is 4.79 Å². The van der Waals surface area contributed by atoms with Crippen molar-refractivity contribution in [1.82, 2.24) is 9.80 Å². The lowest BCUT2D eigenvalue weighted by atomic mass is 10.2. The molecule has 0 atom stereocenters. The predicted octanol–water partition coefficient (Wildman–Crippen LogP) is 1.69. The average Bonchev–Trinajstić information content (AvgIpc) is 2.84. The van der Waals surface area contributed by atoms with Crippen molar-refractivity contribution in [3.05, 3.63) is 53.0 Å². The molecule has 1 aromatic carbocycles. The SMILES string of the molecule is O=C1/C(=C\C=C\c2ccccc2)SC(=S)N1CN(CCO)CCO. The number of nitrogens with zero attached hydrogens (tertiary/aromatic N) is 2. The van der Waals surface area contributed by atoms with Crippen molar-refractivity contribution in [3.63, 3.8) is 0 Å². The minimum absolute atomic E-state index is 0.0373. The molecule has 0 aliphatic carbocycles. The Hall–Kier alpha value is -1.51. The summed E-state index contributed by atoms with van der Waals surface area (Å²) in [7, 11) is 0. The summed E-state index contributed by atoms with van der Waals surface area (Å²) in [6, 6.07) is 9.83. The number of rotatable bonds is 8. The van der Waals surface area contributed by atoms with Crippen molar-refractivity contribution in [2.45, 2.75) is 0 Å². The maximum Gasteiger partial charge on any atom is 0.267 e. The number of hydrogen-bond acceptors (Lipinski definition) is 6. The number of thioether (sulfide) groups is 1. The Morgan fingerprint density at radius 1 is 1.17 bits per heavy atom. The molecule has 0 unspecified atom stereocenters. The molecular formula is C17H20N2O3S2. The Bertz CT molecular complexity index is 626. The minimum Gasteiger partial charge on any atom is -0.395 e. The van der Waals surface area contributed by atoms with Crippen LogP contribution in [0.25, 0.3) is 6.08 Å². The fourth-order valence-electron chi connectivity index (χ4n) is 2.18. The molecule has 0 aromatic heterocycles. The molecule has 2 rings (SSSR count). The molecule has 1 amide bonds. The van der Waals surface area contributed by atoms with Gasteiger partial charge in [-0.25, -0.2) is 0 Å². The van der Waals surface area contributed by atoms with E-state index in [0.717, 1.165) is 5.56 Å². The number of thiocarbonyl (C=S) groups is 1. The van der Waals surface area contributed by atoms with Gasteiger partial charge in [-0.05, 0) is 11.6 Å². The molecule has 1 fully saturated rings. The molecule has 5 nitrogen and oxygen atoms in total. The molecule has 1 aromatic rings. The molecule has 1 aliphatic rings. The second-order valence-corrected chi connectivity index (χ2v) is 6.78. The highest BCUT2D eigenvalue weighted by Gasteiger charge is 2.32. The van der Waals surface area contributed by atoms with Crippen molar-refractivity contribution in [2.75, 3.05) is 33.0 Å². The number of amides is 1. The zero-order chi connectivity index (χ0) is 17.4. The van der Waals surface area contributed by atoms with Gasteiger partial charge in [0.2, 0.25) is 0 Å². The Labute approximate surface area is 151 Å². The van der Waals surface area contributed by atoms with Crippen LogP contribution in [0.4, 0.5) is 0 Å². The zero-order valence-electron chi connectivity index (χ0n) is 13.2. The van der Waals surface area contributed by atoms with Gasteiger partial charge in [0.1, 0.15) is 4.32 Å². The van der Waals surface area contributed by atoms with Crippen molar-refractivity contribution < 1.29 is 15.0 Å². The Kier molecular flexibility index (Phi) is 7.61. The molecule has 1 heterocycles. The topological polar surface area (TPSA) is 64.0 Å². The number of aliphatic hydroxyl groups is 2. The average molecular weight is 364 g/mol. The third kappa shape index (κ3) is 5.25. The summed E-state index contributed by atoms with van der Waals surface area (Å²) in [5.74, 6) is -0.149. The van der Waals surface area contributed by atoms with Gasteiger partial charge in [0.05, 0.1) is 24.8 Å². The standard InChI is InChI=1S/C17H20N2O3S2/c20-11-9-18(10-12-21)13-19-16(22)15(24-17(19)23)8-4-7-14-5-2-1-3-6-14/h1-8,20-21H,9-13H2/b7-4+,15-8+. The van der Waals surface area contributed by atoms with E-state index >= 15 is 0 Å². The summed E-state index contributed by atoms with van der Waals surface area (Å²) in [4.78, 5) is 16.3. The molecule has 1 aliphatic heterocycles. The van der Waals surface area contributed by atoms with Gasteiger partial charge in [-0.2, -0.15) is 0 Å². The van der Waals surface area contributed by atoms with Crippen LogP contribution in [0.1, 0.15) is 5.56 Å². The first-order chi connectivity index (χ1) is 11.7. The van der Waals surface area contributed by atoms with E-state index in [1.54, 1.807) is 11.0 Å². The van der Waals surface area contributed by atoms with Crippen LogP contribution in [-0.4, -0.2) is 63.2 Å². The predicted molar refractivity (Wildman–Crippen MR) is 101 cm³/mol. The minimum atomic E-state index is -0.149. The van der Waals surface area contributed by atoms with Crippen LogP contribution >= 0.6 is 24.0 Å². The molecule has 7 heteroatoms. The van der Waals surface area contributed by atoms with Crippen LogP contribution < -0.4 is 0 Å². The molecule has 2 N–H and O–H groups in total. The lowest BCUT2D eigenvalue weighted by Crippen LogP contribution is -2.42. The lowest BCUT2D eigenvalue weighted by Gasteiger charge is -2.25. The summed E-state index contributed by atoms with van der Waals surface area (Å²) in [5, 5.41) is 18.1. The molecule has 0 bridgehead atoms. The van der Waals surface area contributed by atoms with Crippen LogP contribution in [-0.2, 0) is 4.79 Å². The summed E-state index contributed by atoms with van der Waals surface area (Å²) < 4.78 is 0.486. The van der Waals surface area contributed by atoms with E-state index in [1.807, 2.05) is 42.5 Å². The number of hydrogen-bond donors (Lipinski definition) is 2. The van der Waals surface area contributed by atoms with Gasteiger partial charge in [-0.3, -0.25) is 14.6 Å². The highest BCUT2D eigenvalue weighted by Crippen LogP contribution is 2.31. The van der Waals surface area contributed by atoms with E-state index < -0.39 is 0 Å². The van der Waals surface area contributed by atoms with Crippen LogP contribution in [0.2, 0.25) is 0 Å². The van der Waals surface area contributed by atoms with Crippen molar-refractivity contribution in [1.29, 1.82) is 0 Å². The summed E-state index contributed by atoms with van der Waals surface area (Å²) >= 11 is 6.54. The fourth-order valence-corrected chi connectivity index (χ4v) is 3.38. The van der Waals surface area contributed by atoms with Crippen LogP contribution in [0.15, 0.2) is 47.4 Å². The summed E-state index contributed by atoms with van der Waals surface area (Å²) in [6.07, 6.45) is 5.52. The summed E-state index contributed by atoms with van der Waals surface area (Å²) in [5.41, 5.74) is 1.06. The van der Waals surface area contributed by atoms with Crippen molar-refractivity contribution in [3.8, 4) is 0 Å². The quantitative estimate of drug-likeness (QED) is 0.541. The second kappa shape index (κ2) is 9.71. The molecule has 1 saturated heterocycles. The Morgan fingerprint density at radius 2 is 1.83 bits per heavy atom. The number of benzene rings is 1. The van der Waals surface area contributed by atoms with E-state index in [1.165, 1.54) is 16.7 Å². The molecule has 0 spiro atoms. The zero-order valence-corrected chi connectivity index (χ0v) is 14.8. The molecule has 0 saturated carbocycles. The first kappa shape index (κ1) is 18.8. The maximum absolute atomic E-state index is 12.5. The smallest absolute Gasteiger partial charge is 0.267 e. The van der Waals surface area contributed by atoms with Crippen LogP contribution in [0, 0.1) is 0 Å². The van der Waals surface area contributed by atoms with Crippen LogP contribution in [0.5, 0.6) is 0 Å². The molecule has 128 valence electrons. The molecule has 24 heavy (non-hydrogen) atoms. The highest BCUT2D eigenvalue weighted by molar-refractivity contribution is 8.26. The summed E-state index contributed by atoms with van der Waals surface area (Å²) in [6.45, 7) is 0.954. The van der Waals surface area contributed by atoms with Gasteiger partial charge in [0, 0.05) is 13.1 Å². The van der Waals surface area contributed by atoms with E-state index in [0.29, 0.717) is 22.3 Å². The first-order valence-electron chi connectivity index (χ1n) is 7.57. The number of aliphatic hydroxyl groups excluding tert-OH is 2. The van der Waals surface area contributed by atoms with Gasteiger partial charge in [-0.1, -0.05) is 66.5 Å². The lowest BCUT2D eigenvalue weighted by molar-refractivity contribution is -0.123. The second-order valence-electron chi connectivity index (χ2n) is 5.11. The highest BCUT2D eigenvalue weighted by atomic mass is 32.2. The first-order valence-corrected chi connectivity index (χ1v) is 8.79. The fraction of sp³-hybridized carbons (Fsp3) is 0.294. The maximum atomic E-state index is 12.5. The van der Waals surface area contributed by atoms with E-state index in [4.69, 9.17) is 22.4 Å². The molecule has 0 radical (unpaired) electrons. The van der Waals surface area contributed by atoms with Gasteiger partial charge in [0.15, 0.2) is 0 Å². The largest absolute Gasteiger partial charge is 0.395 e. The Balaban J connectivity index is 2.02. The number of carbonyl (C=O) groups excluding carboxylic acids is 1. The van der Waals surface area contributed by atoms with Gasteiger partial charge in [0.25, 0.3) is 5.91 Å². The van der Waals surface area contributed by atoms with Crippen molar-refractivity contribution in [2.24, 2.45) is 0 Å². The van der Waals surface area contributed by atoms with E-state index in [-0.39, 0.29) is 25.8 Å². The van der Waals surface area contributed by atoms with Gasteiger partial charge < -0.3 is 10.2 Å². The molecular weight excluding hydrogens is 344 g/mol. The van der Waals surface area contributed by atoms with Gasteiger partial charge in [-0.15, -0.1) is 0 Å². The van der Waals surface area contributed by atoms with Gasteiger partial charge >= 0.3 is 0 Å². The third-order valence-corrected chi connectivity index (χ3v) is 4.78.